The molecule has 0 fully saturated rings. The molecule has 2 heterocycles. The lowest BCUT2D eigenvalue weighted by atomic mass is 10.0. The first-order valence-corrected chi connectivity index (χ1v) is 8.00. The van der Waals surface area contributed by atoms with Crippen molar-refractivity contribution in [2.45, 2.75) is 32.7 Å². The molecule has 0 aliphatic rings. The second-order valence-corrected chi connectivity index (χ2v) is 5.71. The van der Waals surface area contributed by atoms with Crippen LogP contribution in [-0.4, -0.2) is 21.4 Å². The van der Waals surface area contributed by atoms with E-state index in [2.05, 4.69) is 12.1 Å². The van der Waals surface area contributed by atoms with Crippen LogP contribution in [0.1, 0.15) is 52.6 Å². The number of rotatable bonds is 7. The van der Waals surface area contributed by atoms with Crippen LogP contribution in [0.5, 0.6) is 0 Å². The second-order valence-electron chi connectivity index (χ2n) is 5.71. The average Bonchev–Trinajstić information content (AvgIpc) is 3.21. The second kappa shape index (κ2) is 6.70. The third-order valence-electron chi connectivity index (χ3n) is 4.11. The lowest BCUT2D eigenvalue weighted by Gasteiger charge is -2.09. The monoisotopic (exact) mass is 325 g/mol. The number of unbranched alkanes of at least 4 members (excludes halogenated alkanes) is 2. The SMILES string of the molecule is CCCCCn1c(C(N)=O)c(C(=O)c2cnoc2)c2ccccc21. The summed E-state index contributed by atoms with van der Waals surface area (Å²) in [5.74, 6) is -0.919. The van der Waals surface area contributed by atoms with Crippen LogP contribution in [0, 0.1) is 0 Å². The van der Waals surface area contributed by atoms with Crippen molar-refractivity contribution in [3.8, 4) is 0 Å². The zero-order valence-corrected chi connectivity index (χ0v) is 13.5. The number of carbonyl (C=O) groups is 2. The van der Waals surface area contributed by atoms with Gasteiger partial charge >= 0.3 is 0 Å². The molecule has 3 rings (SSSR count). The summed E-state index contributed by atoms with van der Waals surface area (Å²) in [4.78, 5) is 25.0. The average molecular weight is 325 g/mol. The number of carbonyl (C=O) groups excluding carboxylic acids is 2. The minimum atomic E-state index is -0.609. The first kappa shape index (κ1) is 16.0. The van der Waals surface area contributed by atoms with E-state index in [0.717, 1.165) is 24.8 Å². The molecule has 0 saturated heterocycles. The molecule has 0 unspecified atom stereocenters. The minimum absolute atomic E-state index is 0.249. The molecule has 0 aliphatic heterocycles. The number of ketones is 1. The Balaban J connectivity index is 2.21. The smallest absolute Gasteiger partial charge is 0.266 e. The van der Waals surface area contributed by atoms with E-state index in [-0.39, 0.29) is 11.5 Å². The molecule has 3 aromatic rings. The fraction of sp³-hybridized carbons (Fsp3) is 0.278. The number of hydrogen-bond donors (Lipinski definition) is 1. The number of aryl methyl sites for hydroxylation is 1. The standard InChI is InChI=1S/C18H19N3O3/c1-2-3-6-9-21-14-8-5-4-7-13(14)15(16(21)18(19)23)17(22)12-10-20-24-11-12/h4-5,7-8,10-11H,2-3,6,9H2,1H3,(H2,19,23). The molecule has 1 aromatic carbocycles. The van der Waals surface area contributed by atoms with Crippen molar-refractivity contribution in [2.75, 3.05) is 0 Å². The van der Waals surface area contributed by atoms with Gasteiger partial charge in [-0.25, -0.2) is 0 Å². The number of primary amides is 1. The third kappa shape index (κ3) is 2.71. The molecule has 0 atom stereocenters. The molecule has 0 bridgehead atoms. The lowest BCUT2D eigenvalue weighted by Crippen LogP contribution is -2.20. The van der Waals surface area contributed by atoms with Crippen molar-refractivity contribution in [2.24, 2.45) is 5.73 Å². The van der Waals surface area contributed by atoms with Crippen LogP contribution in [0.4, 0.5) is 0 Å². The maximum atomic E-state index is 12.9. The Morgan fingerprint density at radius 2 is 2.04 bits per heavy atom. The zero-order valence-electron chi connectivity index (χ0n) is 13.5. The predicted octanol–water partition coefficient (Wildman–Crippen LogP) is 3.15. The van der Waals surface area contributed by atoms with Crippen molar-refractivity contribution in [3.63, 3.8) is 0 Å². The van der Waals surface area contributed by atoms with Crippen molar-refractivity contribution < 1.29 is 14.1 Å². The molecule has 24 heavy (non-hydrogen) atoms. The molecule has 6 heteroatoms. The molecule has 0 aliphatic carbocycles. The van der Waals surface area contributed by atoms with Gasteiger partial charge in [0.2, 0.25) is 5.78 Å². The summed E-state index contributed by atoms with van der Waals surface area (Å²) < 4.78 is 6.62. The highest BCUT2D eigenvalue weighted by atomic mass is 16.5. The fourth-order valence-electron chi connectivity index (χ4n) is 3.00. The number of aromatic nitrogens is 2. The van der Waals surface area contributed by atoms with Gasteiger partial charge in [0.05, 0.1) is 17.3 Å². The molecule has 1 amide bonds. The Kier molecular flexibility index (Phi) is 4.46. The van der Waals surface area contributed by atoms with Gasteiger partial charge in [-0.2, -0.15) is 0 Å². The topological polar surface area (TPSA) is 91.1 Å². The molecule has 0 radical (unpaired) electrons. The van der Waals surface area contributed by atoms with Crippen LogP contribution >= 0.6 is 0 Å². The Bertz CT molecular complexity index is 878. The number of hydrogen-bond acceptors (Lipinski definition) is 4. The van der Waals surface area contributed by atoms with Gasteiger partial charge in [-0.1, -0.05) is 43.1 Å². The molecule has 6 nitrogen and oxygen atoms in total. The van der Waals surface area contributed by atoms with Crippen LogP contribution in [0.3, 0.4) is 0 Å². The van der Waals surface area contributed by atoms with Gasteiger partial charge in [0.1, 0.15) is 12.0 Å². The van der Waals surface area contributed by atoms with Crippen LogP contribution in [0.15, 0.2) is 41.2 Å². The maximum absolute atomic E-state index is 12.9. The van der Waals surface area contributed by atoms with Gasteiger partial charge in [0.25, 0.3) is 5.91 Å². The van der Waals surface area contributed by atoms with Crippen LogP contribution < -0.4 is 5.73 Å². The van der Waals surface area contributed by atoms with E-state index in [1.165, 1.54) is 12.5 Å². The Morgan fingerprint density at radius 3 is 2.71 bits per heavy atom. The van der Waals surface area contributed by atoms with Gasteiger partial charge in [-0.3, -0.25) is 9.59 Å². The minimum Gasteiger partial charge on any atom is -0.364 e. The van der Waals surface area contributed by atoms with E-state index in [4.69, 9.17) is 10.3 Å². The first-order chi connectivity index (χ1) is 11.6. The predicted molar refractivity (Wildman–Crippen MR) is 89.9 cm³/mol. The zero-order chi connectivity index (χ0) is 17.1. The molecule has 2 N–H and O–H groups in total. The highest BCUT2D eigenvalue weighted by molar-refractivity contribution is 6.21. The van der Waals surface area contributed by atoms with Gasteiger partial charge in [-0.15, -0.1) is 0 Å². The number of nitrogens with two attached hydrogens (primary N) is 1. The largest absolute Gasteiger partial charge is 0.364 e. The number of benzene rings is 1. The van der Waals surface area contributed by atoms with E-state index >= 15 is 0 Å². The van der Waals surface area contributed by atoms with Crippen LogP contribution in [0.2, 0.25) is 0 Å². The first-order valence-electron chi connectivity index (χ1n) is 8.00. The van der Waals surface area contributed by atoms with Crippen molar-refractivity contribution >= 4 is 22.6 Å². The third-order valence-corrected chi connectivity index (χ3v) is 4.11. The molecular weight excluding hydrogens is 306 g/mol. The van der Waals surface area contributed by atoms with Gasteiger partial charge in [0.15, 0.2) is 0 Å². The number of fused-ring (bicyclic) bond motifs is 1. The Hall–Kier alpha value is -2.89. The summed E-state index contributed by atoms with van der Waals surface area (Å²) in [6.07, 6.45) is 5.64. The van der Waals surface area contributed by atoms with Gasteiger partial charge in [0, 0.05) is 17.4 Å². The van der Waals surface area contributed by atoms with E-state index in [9.17, 15) is 9.59 Å². The van der Waals surface area contributed by atoms with Crippen molar-refractivity contribution in [1.82, 2.24) is 9.72 Å². The maximum Gasteiger partial charge on any atom is 0.266 e. The quantitative estimate of drug-likeness (QED) is 0.533. The summed E-state index contributed by atoms with van der Waals surface area (Å²) in [5, 5.41) is 4.29. The van der Waals surface area contributed by atoms with E-state index in [0.29, 0.717) is 23.1 Å². The summed E-state index contributed by atoms with van der Waals surface area (Å²) in [6.45, 7) is 2.76. The van der Waals surface area contributed by atoms with Crippen molar-refractivity contribution in [3.05, 3.63) is 53.5 Å². The van der Waals surface area contributed by atoms with Crippen molar-refractivity contribution in [1.29, 1.82) is 0 Å². The number of nitrogens with zero attached hydrogens (tertiary/aromatic N) is 2. The lowest BCUT2D eigenvalue weighted by molar-refractivity contribution is 0.0973. The normalized spacial score (nSPS) is 11.0. The van der Waals surface area contributed by atoms with Gasteiger partial charge < -0.3 is 14.8 Å². The number of para-hydroxylation sites is 1. The Labute approximate surface area is 139 Å². The Morgan fingerprint density at radius 1 is 1.25 bits per heavy atom. The fourth-order valence-corrected chi connectivity index (χ4v) is 3.00. The van der Waals surface area contributed by atoms with Gasteiger partial charge in [-0.05, 0) is 12.5 Å². The van der Waals surface area contributed by atoms with Crippen LogP contribution in [-0.2, 0) is 6.54 Å². The summed E-state index contributed by atoms with van der Waals surface area (Å²) in [6, 6.07) is 7.46. The molecule has 2 aromatic heterocycles. The summed E-state index contributed by atoms with van der Waals surface area (Å²) in [7, 11) is 0. The summed E-state index contributed by atoms with van der Waals surface area (Å²) in [5.41, 5.74) is 7.32. The van der Waals surface area contributed by atoms with Crippen LogP contribution in [0.25, 0.3) is 10.9 Å². The molecule has 0 spiro atoms. The van der Waals surface area contributed by atoms with E-state index in [1.807, 2.05) is 28.8 Å². The van der Waals surface area contributed by atoms with E-state index < -0.39 is 5.91 Å². The molecular formula is C18H19N3O3. The summed E-state index contributed by atoms with van der Waals surface area (Å²) >= 11 is 0. The molecule has 0 saturated carbocycles. The van der Waals surface area contributed by atoms with E-state index in [1.54, 1.807) is 0 Å². The number of amides is 1. The highest BCUT2D eigenvalue weighted by Gasteiger charge is 2.27. The molecule has 124 valence electrons. The highest BCUT2D eigenvalue weighted by Crippen LogP contribution is 2.29.